The molecule has 1 aromatic rings. The van der Waals surface area contributed by atoms with Crippen molar-refractivity contribution in [2.75, 3.05) is 26.2 Å². The van der Waals surface area contributed by atoms with E-state index < -0.39 is 6.10 Å². The van der Waals surface area contributed by atoms with E-state index >= 15 is 0 Å². The van der Waals surface area contributed by atoms with Crippen LogP contribution >= 0.6 is 0 Å². The van der Waals surface area contributed by atoms with Crippen molar-refractivity contribution in [3.05, 3.63) is 42.5 Å². The molecule has 0 aliphatic carbocycles. The van der Waals surface area contributed by atoms with E-state index in [-0.39, 0.29) is 0 Å². The molecular formula is C20H34N2O2. The van der Waals surface area contributed by atoms with E-state index in [1.54, 1.807) is 0 Å². The molecule has 24 heavy (non-hydrogen) atoms. The number of aliphatic hydroxyl groups is 1. The van der Waals surface area contributed by atoms with Gasteiger partial charge in [-0.3, -0.25) is 0 Å². The van der Waals surface area contributed by atoms with Gasteiger partial charge in [0.15, 0.2) is 0 Å². The van der Waals surface area contributed by atoms with E-state index in [9.17, 15) is 5.11 Å². The Hall–Kier alpha value is -1.36. The lowest BCUT2D eigenvalue weighted by Gasteiger charge is -2.15. The number of ether oxygens (including phenoxy) is 1. The predicted octanol–water partition coefficient (Wildman–Crippen LogP) is 3.04. The fourth-order valence-corrected chi connectivity index (χ4v) is 2.58. The van der Waals surface area contributed by atoms with E-state index in [0.717, 1.165) is 43.7 Å². The van der Waals surface area contributed by atoms with Crippen LogP contribution in [-0.4, -0.2) is 37.5 Å². The normalized spacial score (nSPS) is 12.1. The van der Waals surface area contributed by atoms with Gasteiger partial charge in [-0.1, -0.05) is 50.0 Å². The van der Waals surface area contributed by atoms with Crippen LogP contribution in [0.15, 0.2) is 36.9 Å². The number of nitrogens with two attached hydrogens (primary N) is 1. The first-order valence-electron chi connectivity index (χ1n) is 9.18. The number of hydrogen-bond donors (Lipinski definition) is 3. The van der Waals surface area contributed by atoms with E-state index in [1.807, 2.05) is 30.3 Å². The predicted molar refractivity (Wildman–Crippen MR) is 101 cm³/mol. The molecule has 0 spiro atoms. The summed E-state index contributed by atoms with van der Waals surface area (Å²) in [4.78, 5) is 0. The van der Waals surface area contributed by atoms with Gasteiger partial charge in [0, 0.05) is 6.54 Å². The van der Waals surface area contributed by atoms with E-state index in [0.29, 0.717) is 13.2 Å². The molecule has 136 valence electrons. The zero-order valence-electron chi connectivity index (χ0n) is 14.9. The van der Waals surface area contributed by atoms with Gasteiger partial charge in [0.25, 0.3) is 0 Å². The molecule has 0 radical (unpaired) electrons. The van der Waals surface area contributed by atoms with Crippen LogP contribution in [0, 0.1) is 0 Å². The SMILES string of the molecule is C=CCc1ccccc1OCC(O)CNCCCCCCCCN. The maximum absolute atomic E-state index is 10.0. The highest BCUT2D eigenvalue weighted by Crippen LogP contribution is 2.18. The number of rotatable bonds is 15. The van der Waals surface area contributed by atoms with Crippen LogP contribution in [0.4, 0.5) is 0 Å². The van der Waals surface area contributed by atoms with Gasteiger partial charge in [0.1, 0.15) is 18.5 Å². The van der Waals surface area contributed by atoms with Crippen LogP contribution in [-0.2, 0) is 6.42 Å². The summed E-state index contributed by atoms with van der Waals surface area (Å²) in [6, 6.07) is 7.89. The molecule has 0 heterocycles. The summed E-state index contributed by atoms with van der Waals surface area (Å²) >= 11 is 0. The Morgan fingerprint density at radius 2 is 1.83 bits per heavy atom. The second-order valence-corrected chi connectivity index (χ2v) is 6.18. The Balaban J connectivity index is 2.06. The lowest BCUT2D eigenvalue weighted by Crippen LogP contribution is -2.32. The lowest BCUT2D eigenvalue weighted by molar-refractivity contribution is 0.106. The monoisotopic (exact) mass is 334 g/mol. The first kappa shape index (κ1) is 20.7. The Bertz CT molecular complexity index is 437. The van der Waals surface area contributed by atoms with Gasteiger partial charge in [-0.05, 0) is 44.0 Å². The minimum Gasteiger partial charge on any atom is -0.491 e. The third-order valence-corrected chi connectivity index (χ3v) is 3.96. The van der Waals surface area contributed by atoms with Crippen molar-refractivity contribution < 1.29 is 9.84 Å². The van der Waals surface area contributed by atoms with Crippen molar-refractivity contribution in [2.24, 2.45) is 5.73 Å². The number of allylic oxidation sites excluding steroid dienone is 1. The van der Waals surface area contributed by atoms with Crippen LogP contribution < -0.4 is 15.8 Å². The molecule has 0 saturated carbocycles. The maximum Gasteiger partial charge on any atom is 0.122 e. The van der Waals surface area contributed by atoms with Crippen LogP contribution in [0.2, 0.25) is 0 Å². The highest BCUT2D eigenvalue weighted by molar-refractivity contribution is 5.34. The Labute approximate surface area is 147 Å². The molecule has 1 unspecified atom stereocenters. The van der Waals surface area contributed by atoms with Crippen molar-refractivity contribution in [1.29, 1.82) is 0 Å². The molecular weight excluding hydrogens is 300 g/mol. The molecule has 0 aliphatic heterocycles. The summed E-state index contributed by atoms with van der Waals surface area (Å²) in [5, 5.41) is 13.3. The second-order valence-electron chi connectivity index (χ2n) is 6.18. The minimum absolute atomic E-state index is 0.306. The largest absolute Gasteiger partial charge is 0.491 e. The zero-order valence-corrected chi connectivity index (χ0v) is 14.9. The number of unbranched alkanes of at least 4 members (excludes halogenated alkanes) is 5. The number of para-hydroxylation sites is 1. The summed E-state index contributed by atoms with van der Waals surface area (Å²) < 4.78 is 5.74. The summed E-state index contributed by atoms with van der Waals surface area (Å²) in [5.74, 6) is 0.828. The molecule has 0 saturated heterocycles. The standard InChI is InChI=1S/C20H34N2O2/c1-2-11-18-12-7-8-13-20(18)24-17-19(23)16-22-15-10-6-4-3-5-9-14-21/h2,7-8,12-13,19,22-23H,1,3-6,9-11,14-17,21H2. The zero-order chi connectivity index (χ0) is 17.5. The summed E-state index contributed by atoms with van der Waals surface area (Å²) in [5.41, 5.74) is 6.57. The van der Waals surface area contributed by atoms with Crippen LogP contribution in [0.25, 0.3) is 0 Å². The van der Waals surface area contributed by atoms with Crippen molar-refractivity contribution in [3.63, 3.8) is 0 Å². The third kappa shape index (κ3) is 9.71. The minimum atomic E-state index is -0.494. The quantitative estimate of drug-likeness (QED) is 0.341. The van der Waals surface area contributed by atoms with Crippen LogP contribution in [0.3, 0.4) is 0 Å². The van der Waals surface area contributed by atoms with E-state index in [1.165, 1.54) is 25.7 Å². The molecule has 1 aromatic carbocycles. The average molecular weight is 335 g/mol. The average Bonchev–Trinajstić information content (AvgIpc) is 2.60. The Kier molecular flexibility index (Phi) is 12.1. The van der Waals surface area contributed by atoms with Crippen molar-refractivity contribution >= 4 is 0 Å². The Morgan fingerprint density at radius 1 is 1.12 bits per heavy atom. The van der Waals surface area contributed by atoms with E-state index in [4.69, 9.17) is 10.5 Å². The maximum atomic E-state index is 10.0. The highest BCUT2D eigenvalue weighted by Gasteiger charge is 2.07. The summed E-state index contributed by atoms with van der Waals surface area (Å²) in [7, 11) is 0. The first-order chi connectivity index (χ1) is 11.8. The van der Waals surface area contributed by atoms with Gasteiger partial charge in [0.2, 0.25) is 0 Å². The summed E-state index contributed by atoms with van der Waals surface area (Å²) in [6.07, 6.45) is 9.45. The van der Waals surface area contributed by atoms with E-state index in [2.05, 4.69) is 11.9 Å². The highest BCUT2D eigenvalue weighted by atomic mass is 16.5. The molecule has 1 rings (SSSR count). The topological polar surface area (TPSA) is 67.5 Å². The van der Waals surface area contributed by atoms with Gasteiger partial charge in [-0.25, -0.2) is 0 Å². The molecule has 0 bridgehead atoms. The Morgan fingerprint density at radius 3 is 2.58 bits per heavy atom. The van der Waals surface area contributed by atoms with Gasteiger partial charge in [-0.15, -0.1) is 6.58 Å². The molecule has 4 heteroatoms. The molecule has 1 atom stereocenters. The number of hydrogen-bond acceptors (Lipinski definition) is 4. The molecule has 0 aromatic heterocycles. The summed E-state index contributed by atoms with van der Waals surface area (Å²) in [6.45, 7) is 6.38. The number of aliphatic hydroxyl groups excluding tert-OH is 1. The second kappa shape index (κ2) is 14.0. The fourth-order valence-electron chi connectivity index (χ4n) is 2.58. The molecule has 0 fully saturated rings. The smallest absolute Gasteiger partial charge is 0.122 e. The first-order valence-corrected chi connectivity index (χ1v) is 9.18. The molecule has 0 amide bonds. The number of nitrogens with one attached hydrogen (secondary N) is 1. The van der Waals surface area contributed by atoms with Gasteiger partial charge < -0.3 is 20.9 Å². The number of benzene rings is 1. The van der Waals surface area contributed by atoms with Crippen LogP contribution in [0.1, 0.15) is 44.1 Å². The molecule has 4 N–H and O–H groups in total. The van der Waals surface area contributed by atoms with Crippen molar-refractivity contribution in [2.45, 2.75) is 51.0 Å². The van der Waals surface area contributed by atoms with Gasteiger partial charge in [-0.2, -0.15) is 0 Å². The van der Waals surface area contributed by atoms with Gasteiger partial charge in [0.05, 0.1) is 0 Å². The lowest BCUT2D eigenvalue weighted by atomic mass is 10.1. The van der Waals surface area contributed by atoms with Gasteiger partial charge >= 0.3 is 0 Å². The van der Waals surface area contributed by atoms with Crippen LogP contribution in [0.5, 0.6) is 5.75 Å². The molecule has 0 aliphatic rings. The molecule has 4 nitrogen and oxygen atoms in total. The van der Waals surface area contributed by atoms with Crippen molar-refractivity contribution in [3.8, 4) is 5.75 Å². The van der Waals surface area contributed by atoms with Crippen molar-refractivity contribution in [1.82, 2.24) is 5.32 Å². The fraction of sp³-hybridized carbons (Fsp3) is 0.600. The third-order valence-electron chi connectivity index (χ3n) is 3.96.